The first-order chi connectivity index (χ1) is 9.36. The van der Waals surface area contributed by atoms with E-state index < -0.39 is 0 Å². The largest absolute Gasteiger partial charge is 0.332 e. The van der Waals surface area contributed by atoms with Gasteiger partial charge in [0.15, 0.2) is 11.3 Å². The number of hydrogen-bond acceptors (Lipinski definition) is 3. The number of hydrogen-bond donors (Lipinski definition) is 0. The summed E-state index contributed by atoms with van der Waals surface area (Å²) in [6.45, 7) is 0. The normalized spacial score (nSPS) is 21.1. The Morgan fingerprint density at radius 3 is 1.89 bits per heavy atom. The van der Waals surface area contributed by atoms with Gasteiger partial charge in [-0.1, -0.05) is 19.3 Å². The Bertz CT molecular complexity index is 662. The standard InChI is InChI=1S/C14H18N4O/c19-14-17(10-4-2-1-3-5-10)12-13(16-9-8-15-12)18(14)11-6-7-11/h8-11H,1-7H2. The van der Waals surface area contributed by atoms with Gasteiger partial charge in [-0.2, -0.15) is 0 Å². The molecule has 2 heterocycles. The predicted octanol–water partition coefficient (Wildman–Crippen LogP) is 2.43. The molecule has 2 aliphatic rings. The van der Waals surface area contributed by atoms with E-state index in [1.54, 1.807) is 12.4 Å². The predicted molar refractivity (Wildman–Crippen MR) is 72.2 cm³/mol. The second kappa shape index (κ2) is 4.18. The Kier molecular flexibility index (Phi) is 2.47. The zero-order valence-corrected chi connectivity index (χ0v) is 11.0. The number of imidazole rings is 1. The highest BCUT2D eigenvalue weighted by Crippen LogP contribution is 2.36. The van der Waals surface area contributed by atoms with Crippen molar-refractivity contribution in [3.05, 3.63) is 22.9 Å². The van der Waals surface area contributed by atoms with E-state index in [0.29, 0.717) is 12.1 Å². The first-order valence-corrected chi connectivity index (χ1v) is 7.29. The van der Waals surface area contributed by atoms with Crippen molar-refractivity contribution in [3.63, 3.8) is 0 Å². The van der Waals surface area contributed by atoms with Crippen molar-refractivity contribution in [2.45, 2.75) is 57.0 Å². The molecule has 0 spiro atoms. The maximum atomic E-state index is 12.7. The Balaban J connectivity index is 1.93. The highest BCUT2D eigenvalue weighted by atomic mass is 16.2. The zero-order valence-electron chi connectivity index (χ0n) is 11.0. The Labute approximate surface area is 111 Å². The Morgan fingerprint density at radius 2 is 1.37 bits per heavy atom. The summed E-state index contributed by atoms with van der Waals surface area (Å²) in [5.74, 6) is 0. The van der Waals surface area contributed by atoms with Crippen LogP contribution in [-0.2, 0) is 0 Å². The third kappa shape index (κ3) is 1.71. The maximum absolute atomic E-state index is 12.7. The molecule has 100 valence electrons. The quantitative estimate of drug-likeness (QED) is 0.831. The van der Waals surface area contributed by atoms with E-state index in [1.807, 2.05) is 9.13 Å². The first kappa shape index (κ1) is 11.2. The van der Waals surface area contributed by atoms with Gasteiger partial charge in [0.25, 0.3) is 0 Å². The first-order valence-electron chi connectivity index (χ1n) is 7.29. The molecule has 0 bridgehead atoms. The fourth-order valence-electron chi connectivity index (χ4n) is 3.29. The summed E-state index contributed by atoms with van der Waals surface area (Å²) in [6.07, 6.45) is 11.5. The molecule has 0 aliphatic heterocycles. The van der Waals surface area contributed by atoms with E-state index in [-0.39, 0.29) is 5.69 Å². The van der Waals surface area contributed by atoms with Crippen molar-refractivity contribution in [2.24, 2.45) is 0 Å². The molecule has 2 fully saturated rings. The van der Waals surface area contributed by atoms with Gasteiger partial charge in [-0.15, -0.1) is 0 Å². The summed E-state index contributed by atoms with van der Waals surface area (Å²) >= 11 is 0. The van der Waals surface area contributed by atoms with Crippen molar-refractivity contribution < 1.29 is 0 Å². The average molecular weight is 258 g/mol. The van der Waals surface area contributed by atoms with Crippen molar-refractivity contribution in [1.82, 2.24) is 19.1 Å². The summed E-state index contributed by atoms with van der Waals surface area (Å²) in [4.78, 5) is 21.5. The van der Waals surface area contributed by atoms with Crippen LogP contribution >= 0.6 is 0 Å². The maximum Gasteiger partial charge on any atom is 0.332 e. The molecule has 4 rings (SSSR count). The van der Waals surface area contributed by atoms with Crippen LogP contribution in [-0.4, -0.2) is 19.1 Å². The Morgan fingerprint density at radius 1 is 0.842 bits per heavy atom. The van der Waals surface area contributed by atoms with Crippen LogP contribution in [0.2, 0.25) is 0 Å². The van der Waals surface area contributed by atoms with Crippen LogP contribution in [0.4, 0.5) is 0 Å². The van der Waals surface area contributed by atoms with Gasteiger partial charge >= 0.3 is 5.69 Å². The second-order valence-corrected chi connectivity index (χ2v) is 5.75. The molecule has 5 nitrogen and oxygen atoms in total. The molecule has 2 aliphatic carbocycles. The lowest BCUT2D eigenvalue weighted by atomic mass is 9.95. The van der Waals surface area contributed by atoms with Gasteiger partial charge in [-0.3, -0.25) is 9.13 Å². The molecule has 0 amide bonds. The zero-order chi connectivity index (χ0) is 12.8. The second-order valence-electron chi connectivity index (χ2n) is 5.75. The van der Waals surface area contributed by atoms with Crippen molar-refractivity contribution in [2.75, 3.05) is 0 Å². The lowest BCUT2D eigenvalue weighted by molar-refractivity contribution is 0.349. The minimum atomic E-state index is 0.107. The topological polar surface area (TPSA) is 52.7 Å². The molecular weight excluding hydrogens is 240 g/mol. The smallest absolute Gasteiger partial charge is 0.272 e. The summed E-state index contributed by atoms with van der Waals surface area (Å²) in [7, 11) is 0. The van der Waals surface area contributed by atoms with Crippen LogP contribution in [0.15, 0.2) is 17.2 Å². The van der Waals surface area contributed by atoms with Gasteiger partial charge < -0.3 is 0 Å². The van der Waals surface area contributed by atoms with Crippen LogP contribution in [0.25, 0.3) is 11.3 Å². The molecule has 0 saturated heterocycles. The van der Waals surface area contributed by atoms with Crippen LogP contribution in [0.1, 0.15) is 57.0 Å². The number of fused-ring (bicyclic) bond motifs is 1. The Hall–Kier alpha value is -1.65. The number of rotatable bonds is 2. The van der Waals surface area contributed by atoms with Crippen LogP contribution in [0.3, 0.4) is 0 Å². The van der Waals surface area contributed by atoms with Gasteiger partial charge in [0.2, 0.25) is 0 Å². The molecule has 2 saturated carbocycles. The van der Waals surface area contributed by atoms with Crippen molar-refractivity contribution >= 4 is 11.3 Å². The molecule has 0 N–H and O–H groups in total. The van der Waals surface area contributed by atoms with Crippen LogP contribution in [0.5, 0.6) is 0 Å². The van der Waals surface area contributed by atoms with Gasteiger partial charge in [0, 0.05) is 24.5 Å². The summed E-state index contributed by atoms with van der Waals surface area (Å²) in [6, 6.07) is 0.678. The lowest BCUT2D eigenvalue weighted by Crippen LogP contribution is -2.28. The third-order valence-electron chi connectivity index (χ3n) is 4.38. The van der Waals surface area contributed by atoms with E-state index >= 15 is 0 Å². The van der Waals surface area contributed by atoms with Gasteiger partial charge in [0.05, 0.1) is 0 Å². The molecule has 19 heavy (non-hydrogen) atoms. The highest BCUT2D eigenvalue weighted by molar-refractivity contribution is 5.66. The molecule has 0 atom stereocenters. The van der Waals surface area contributed by atoms with E-state index in [0.717, 1.165) is 37.0 Å². The molecular formula is C14H18N4O. The molecule has 0 unspecified atom stereocenters. The molecule has 5 heteroatoms. The van der Waals surface area contributed by atoms with Crippen LogP contribution < -0.4 is 5.69 Å². The third-order valence-corrected chi connectivity index (χ3v) is 4.38. The summed E-state index contributed by atoms with van der Waals surface area (Å²) in [5.41, 5.74) is 1.67. The summed E-state index contributed by atoms with van der Waals surface area (Å²) < 4.78 is 3.79. The molecule has 2 aromatic rings. The van der Waals surface area contributed by atoms with Crippen molar-refractivity contribution in [1.29, 1.82) is 0 Å². The fraction of sp³-hybridized carbons (Fsp3) is 0.643. The summed E-state index contributed by atoms with van der Waals surface area (Å²) in [5, 5.41) is 0. The minimum absolute atomic E-state index is 0.107. The van der Waals surface area contributed by atoms with Gasteiger partial charge in [-0.25, -0.2) is 14.8 Å². The monoisotopic (exact) mass is 258 g/mol. The van der Waals surface area contributed by atoms with E-state index in [2.05, 4.69) is 9.97 Å². The number of nitrogens with zero attached hydrogens (tertiary/aromatic N) is 4. The highest BCUT2D eigenvalue weighted by Gasteiger charge is 2.32. The van der Waals surface area contributed by atoms with Gasteiger partial charge in [-0.05, 0) is 25.7 Å². The average Bonchev–Trinajstić information content (AvgIpc) is 3.23. The van der Waals surface area contributed by atoms with E-state index in [1.165, 1.54) is 19.3 Å². The molecule has 0 radical (unpaired) electrons. The van der Waals surface area contributed by atoms with Gasteiger partial charge in [0.1, 0.15) is 0 Å². The number of aromatic nitrogens is 4. The van der Waals surface area contributed by atoms with Crippen LogP contribution in [0, 0.1) is 0 Å². The molecule has 0 aromatic carbocycles. The van der Waals surface area contributed by atoms with E-state index in [9.17, 15) is 4.79 Å². The SMILES string of the molecule is O=c1n(C2CCCCC2)c2nccnc2n1C1CC1. The van der Waals surface area contributed by atoms with Crippen molar-refractivity contribution in [3.8, 4) is 0 Å². The van der Waals surface area contributed by atoms with E-state index in [4.69, 9.17) is 0 Å². The molecule has 2 aromatic heterocycles. The minimum Gasteiger partial charge on any atom is -0.272 e. The fourth-order valence-corrected chi connectivity index (χ4v) is 3.29. The lowest BCUT2D eigenvalue weighted by Gasteiger charge is -2.22.